The van der Waals surface area contributed by atoms with Crippen LogP contribution in [0.1, 0.15) is 17.4 Å². The predicted molar refractivity (Wildman–Crippen MR) is 40.3 cm³/mol. The lowest BCUT2D eigenvalue weighted by atomic mass is 10.4. The van der Waals surface area contributed by atoms with Crippen LogP contribution in [0.4, 0.5) is 0 Å². The minimum absolute atomic E-state index is 0.132. The van der Waals surface area contributed by atoms with Gasteiger partial charge in [0.05, 0.1) is 0 Å². The van der Waals surface area contributed by atoms with Gasteiger partial charge in [-0.15, -0.1) is 0 Å². The molecule has 0 fully saturated rings. The van der Waals surface area contributed by atoms with Crippen molar-refractivity contribution in [2.75, 3.05) is 0 Å². The lowest BCUT2D eigenvalue weighted by Gasteiger charge is -1.96. The van der Waals surface area contributed by atoms with Crippen molar-refractivity contribution in [1.82, 2.24) is 4.98 Å². The summed E-state index contributed by atoms with van der Waals surface area (Å²) in [6.45, 7) is 1.17. The van der Waals surface area contributed by atoms with Crippen molar-refractivity contribution in [3.63, 3.8) is 0 Å². The van der Waals surface area contributed by atoms with Crippen LogP contribution >= 0.6 is 0 Å². The lowest BCUT2D eigenvalue weighted by molar-refractivity contribution is -0.135. The Labute approximate surface area is 69.2 Å². The second kappa shape index (κ2) is 3.61. The third kappa shape index (κ3) is 2.16. The van der Waals surface area contributed by atoms with Crippen molar-refractivity contribution < 1.29 is 14.3 Å². The fourth-order valence-corrected chi connectivity index (χ4v) is 0.666. The maximum atomic E-state index is 10.9. The number of rotatable bonds is 1. The van der Waals surface area contributed by atoms with Gasteiger partial charge in [0.2, 0.25) is 0 Å². The third-order valence-corrected chi connectivity index (χ3v) is 1.11. The number of nitrogens with zero attached hydrogens (tertiary/aromatic N) is 1. The number of hydrogen-bond acceptors (Lipinski definition) is 4. The topological polar surface area (TPSA) is 56.3 Å². The maximum Gasteiger partial charge on any atom is 0.364 e. The van der Waals surface area contributed by atoms with Crippen LogP contribution in [0.2, 0.25) is 0 Å². The Bertz CT molecular complexity index is 294. The van der Waals surface area contributed by atoms with E-state index < -0.39 is 11.9 Å². The van der Waals surface area contributed by atoms with Crippen LogP contribution in [0.15, 0.2) is 24.4 Å². The van der Waals surface area contributed by atoms with E-state index in [1.165, 1.54) is 19.2 Å². The van der Waals surface area contributed by atoms with E-state index in [1.54, 1.807) is 12.1 Å². The Morgan fingerprint density at radius 1 is 1.42 bits per heavy atom. The molecule has 0 aliphatic heterocycles. The van der Waals surface area contributed by atoms with E-state index in [2.05, 4.69) is 9.72 Å². The van der Waals surface area contributed by atoms with Gasteiger partial charge in [0.1, 0.15) is 5.69 Å². The molecule has 4 heteroatoms. The predicted octanol–water partition coefficient (Wildman–Crippen LogP) is 0.785. The molecule has 0 bridgehead atoms. The quantitative estimate of drug-likeness (QED) is 0.456. The molecule has 0 aliphatic carbocycles. The second-order valence-electron chi connectivity index (χ2n) is 2.10. The number of carbonyl (C=O) groups is 2. The molecule has 0 saturated carbocycles. The molecule has 0 aliphatic rings. The molecule has 4 nitrogen and oxygen atoms in total. The van der Waals surface area contributed by atoms with Crippen LogP contribution in [0.3, 0.4) is 0 Å². The van der Waals surface area contributed by atoms with Crippen molar-refractivity contribution in [3.8, 4) is 0 Å². The maximum absolute atomic E-state index is 10.9. The van der Waals surface area contributed by atoms with Crippen LogP contribution in [-0.4, -0.2) is 16.9 Å². The monoisotopic (exact) mass is 165 g/mol. The van der Waals surface area contributed by atoms with Crippen molar-refractivity contribution in [2.24, 2.45) is 0 Å². The highest BCUT2D eigenvalue weighted by atomic mass is 16.6. The molecule has 0 spiro atoms. The van der Waals surface area contributed by atoms with E-state index in [4.69, 9.17) is 0 Å². The van der Waals surface area contributed by atoms with Crippen LogP contribution < -0.4 is 0 Å². The van der Waals surface area contributed by atoms with Gasteiger partial charge in [-0.2, -0.15) is 0 Å². The molecular weight excluding hydrogens is 158 g/mol. The lowest BCUT2D eigenvalue weighted by Crippen LogP contribution is -2.10. The first-order valence-electron chi connectivity index (χ1n) is 3.34. The molecule has 0 atom stereocenters. The first-order chi connectivity index (χ1) is 5.70. The van der Waals surface area contributed by atoms with Crippen molar-refractivity contribution in [2.45, 2.75) is 6.92 Å². The smallest absolute Gasteiger partial charge is 0.364 e. The highest BCUT2D eigenvalue weighted by Gasteiger charge is 2.09. The minimum atomic E-state index is -0.719. The number of ether oxygens (including phenoxy) is 1. The van der Waals surface area contributed by atoms with E-state index in [-0.39, 0.29) is 5.69 Å². The average molecular weight is 165 g/mol. The molecule has 0 aromatic carbocycles. The summed E-state index contributed by atoms with van der Waals surface area (Å²) in [5.74, 6) is -1.35. The standard InChI is InChI=1S/C8H7NO3/c1-6(10)12-8(11)7-4-2-3-5-9-7/h2-5H,1H3. The van der Waals surface area contributed by atoms with Crippen LogP contribution in [0.5, 0.6) is 0 Å². The Hall–Kier alpha value is -1.71. The van der Waals surface area contributed by atoms with E-state index in [0.717, 1.165) is 0 Å². The molecule has 1 aromatic rings. The molecule has 0 unspecified atom stereocenters. The number of hydrogen-bond donors (Lipinski definition) is 0. The van der Waals surface area contributed by atoms with Crippen LogP contribution in [-0.2, 0) is 9.53 Å². The Kier molecular flexibility index (Phi) is 2.53. The van der Waals surface area contributed by atoms with E-state index >= 15 is 0 Å². The first-order valence-corrected chi connectivity index (χ1v) is 3.34. The SMILES string of the molecule is CC(=O)OC(=O)c1ccccn1. The third-order valence-electron chi connectivity index (χ3n) is 1.11. The van der Waals surface area contributed by atoms with Crippen LogP contribution in [0, 0.1) is 0 Å². The molecule has 0 N–H and O–H groups in total. The number of pyridine rings is 1. The number of aromatic nitrogens is 1. The second-order valence-corrected chi connectivity index (χ2v) is 2.10. The van der Waals surface area contributed by atoms with Gasteiger partial charge in [0.25, 0.3) is 0 Å². The molecule has 1 heterocycles. The Morgan fingerprint density at radius 2 is 2.17 bits per heavy atom. The zero-order valence-electron chi connectivity index (χ0n) is 6.48. The number of carbonyl (C=O) groups excluding carboxylic acids is 2. The van der Waals surface area contributed by atoms with Gasteiger partial charge < -0.3 is 4.74 Å². The highest BCUT2D eigenvalue weighted by molar-refractivity contribution is 5.94. The van der Waals surface area contributed by atoms with Gasteiger partial charge >= 0.3 is 11.9 Å². The molecule has 0 radical (unpaired) electrons. The van der Waals surface area contributed by atoms with Gasteiger partial charge in [0, 0.05) is 13.1 Å². The summed E-state index contributed by atoms with van der Waals surface area (Å²) in [7, 11) is 0. The minimum Gasteiger partial charge on any atom is -0.388 e. The molecule has 1 aromatic heterocycles. The first kappa shape index (κ1) is 8.39. The summed E-state index contributed by atoms with van der Waals surface area (Å²) < 4.78 is 4.30. The molecule has 12 heavy (non-hydrogen) atoms. The zero-order valence-corrected chi connectivity index (χ0v) is 6.48. The molecule has 0 amide bonds. The van der Waals surface area contributed by atoms with Crippen molar-refractivity contribution >= 4 is 11.9 Å². The van der Waals surface area contributed by atoms with Crippen LogP contribution in [0.25, 0.3) is 0 Å². The van der Waals surface area contributed by atoms with E-state index in [0.29, 0.717) is 0 Å². The molecule has 0 saturated heterocycles. The fourth-order valence-electron chi connectivity index (χ4n) is 0.666. The summed E-state index contributed by atoms with van der Waals surface area (Å²) in [5.41, 5.74) is 0.132. The van der Waals surface area contributed by atoms with Crippen molar-refractivity contribution in [3.05, 3.63) is 30.1 Å². The summed E-state index contributed by atoms with van der Waals surface area (Å²) >= 11 is 0. The largest absolute Gasteiger partial charge is 0.388 e. The van der Waals surface area contributed by atoms with Gasteiger partial charge in [0.15, 0.2) is 0 Å². The Balaban J connectivity index is 2.73. The molecule has 1 rings (SSSR count). The fraction of sp³-hybridized carbons (Fsp3) is 0.125. The normalized spacial score (nSPS) is 9.08. The van der Waals surface area contributed by atoms with Crippen molar-refractivity contribution in [1.29, 1.82) is 0 Å². The van der Waals surface area contributed by atoms with E-state index in [9.17, 15) is 9.59 Å². The van der Waals surface area contributed by atoms with E-state index in [1.807, 2.05) is 0 Å². The summed E-state index contributed by atoms with van der Waals surface area (Å²) in [5, 5.41) is 0. The number of esters is 2. The summed E-state index contributed by atoms with van der Waals surface area (Å²) in [4.78, 5) is 25.0. The molecule has 62 valence electrons. The Morgan fingerprint density at radius 3 is 2.67 bits per heavy atom. The van der Waals surface area contributed by atoms with Gasteiger partial charge in [-0.05, 0) is 12.1 Å². The zero-order chi connectivity index (χ0) is 8.97. The highest BCUT2D eigenvalue weighted by Crippen LogP contribution is 1.96. The van der Waals surface area contributed by atoms with Gasteiger partial charge in [-0.25, -0.2) is 9.78 Å². The summed E-state index contributed by atoms with van der Waals surface area (Å²) in [6, 6.07) is 4.79. The summed E-state index contributed by atoms with van der Waals surface area (Å²) in [6.07, 6.45) is 1.46. The van der Waals surface area contributed by atoms with Gasteiger partial charge in [-0.1, -0.05) is 6.07 Å². The molecular formula is C8H7NO3. The van der Waals surface area contributed by atoms with Gasteiger partial charge in [-0.3, -0.25) is 4.79 Å². The average Bonchev–Trinajstić information content (AvgIpc) is 2.05.